The lowest BCUT2D eigenvalue weighted by molar-refractivity contribution is -0.116. The van der Waals surface area contributed by atoms with Gasteiger partial charge in [0.15, 0.2) is 0 Å². The molecule has 1 rings (SSSR count). The maximum atomic E-state index is 12.5. The molecule has 1 saturated carbocycles. The van der Waals surface area contributed by atoms with Crippen LogP contribution in [0.2, 0.25) is 0 Å². The van der Waals surface area contributed by atoms with E-state index in [1.54, 1.807) is 5.92 Å². The Bertz CT molecular complexity index is 231. The Morgan fingerprint density at radius 1 is 1.73 bits per heavy atom. The third-order valence-electron chi connectivity index (χ3n) is 1.88. The van der Waals surface area contributed by atoms with Crippen LogP contribution in [0.5, 0.6) is 0 Å². The number of hydrogen-bond acceptors (Lipinski definition) is 2. The summed E-state index contributed by atoms with van der Waals surface area (Å²) in [5.41, 5.74) is 4.99. The van der Waals surface area contributed by atoms with E-state index in [1.165, 1.54) is 0 Å². The average Bonchev–Trinajstić information content (AvgIpc) is 2.51. The minimum Gasteiger partial charge on any atom is -0.330 e. The minimum absolute atomic E-state index is 0.189. The van der Waals surface area contributed by atoms with Gasteiger partial charge in [-0.05, 0) is 5.92 Å². The van der Waals surface area contributed by atoms with E-state index < -0.39 is 23.5 Å². The van der Waals surface area contributed by atoms with Crippen molar-refractivity contribution in [3.05, 3.63) is 0 Å². The molecule has 0 heterocycles. The number of carbonyl (C=O) groups excluding carboxylic acids is 1. The van der Waals surface area contributed by atoms with Crippen LogP contribution in [0.15, 0.2) is 0 Å². The number of halogens is 2. The number of terminal acetylenes is 1. The zero-order valence-electron chi connectivity index (χ0n) is 5.68. The zero-order valence-corrected chi connectivity index (χ0v) is 5.68. The second kappa shape index (κ2) is 2.28. The molecule has 0 bridgehead atoms. The minimum atomic E-state index is -2.96. The van der Waals surface area contributed by atoms with Gasteiger partial charge in [0, 0.05) is 6.54 Å². The molecule has 11 heavy (non-hydrogen) atoms. The normalized spacial score (nSPS) is 32.5. The fourth-order valence-corrected chi connectivity index (χ4v) is 1.13. The number of alkyl halides is 2. The van der Waals surface area contributed by atoms with Gasteiger partial charge >= 0.3 is 0 Å². The Labute approximate surface area is 62.8 Å². The number of Topliss-reactive ketones (excluding diaryl/α,β-unsaturated/α-hetero) is 1. The van der Waals surface area contributed by atoms with Crippen LogP contribution in [0, 0.1) is 24.2 Å². The van der Waals surface area contributed by atoms with E-state index >= 15 is 0 Å². The summed E-state index contributed by atoms with van der Waals surface area (Å²) in [5, 5.41) is 0. The van der Waals surface area contributed by atoms with Gasteiger partial charge in [-0.3, -0.25) is 4.79 Å². The Balaban J connectivity index is 2.68. The molecule has 0 aromatic carbocycles. The van der Waals surface area contributed by atoms with Crippen molar-refractivity contribution < 1.29 is 13.6 Å². The van der Waals surface area contributed by atoms with E-state index in [2.05, 4.69) is 6.42 Å². The molecule has 0 aromatic heterocycles. The van der Waals surface area contributed by atoms with E-state index in [9.17, 15) is 13.6 Å². The molecule has 1 aliphatic rings. The Morgan fingerprint density at radius 2 is 2.27 bits per heavy atom. The van der Waals surface area contributed by atoms with Crippen molar-refractivity contribution in [2.24, 2.45) is 17.6 Å². The summed E-state index contributed by atoms with van der Waals surface area (Å²) < 4.78 is 25.0. The first-order chi connectivity index (χ1) is 5.05. The lowest BCUT2D eigenvalue weighted by atomic mass is 10.2. The van der Waals surface area contributed by atoms with Crippen LogP contribution in [0.1, 0.15) is 0 Å². The highest BCUT2D eigenvalue weighted by Gasteiger charge is 2.70. The molecule has 0 aliphatic heterocycles. The van der Waals surface area contributed by atoms with Crippen molar-refractivity contribution in [3.63, 3.8) is 0 Å². The molecule has 0 saturated heterocycles. The Hall–Kier alpha value is -0.950. The molecule has 2 N–H and O–H groups in total. The lowest BCUT2D eigenvalue weighted by Crippen LogP contribution is -2.07. The summed E-state index contributed by atoms with van der Waals surface area (Å²) in [6.07, 6.45) is 4.68. The van der Waals surface area contributed by atoms with Crippen LogP contribution in [0.4, 0.5) is 8.78 Å². The molecule has 0 radical (unpaired) electrons. The molecule has 0 unspecified atom stereocenters. The van der Waals surface area contributed by atoms with Crippen LogP contribution in [-0.2, 0) is 4.79 Å². The van der Waals surface area contributed by atoms with Crippen molar-refractivity contribution in [3.8, 4) is 12.3 Å². The molecule has 2 atom stereocenters. The van der Waals surface area contributed by atoms with Gasteiger partial charge in [0.1, 0.15) is 5.92 Å². The lowest BCUT2D eigenvalue weighted by Gasteiger charge is -1.87. The van der Waals surface area contributed by atoms with Crippen LogP contribution in [-0.4, -0.2) is 18.3 Å². The van der Waals surface area contributed by atoms with Gasteiger partial charge in [0.2, 0.25) is 5.78 Å². The van der Waals surface area contributed by atoms with Gasteiger partial charge in [-0.15, -0.1) is 6.42 Å². The van der Waals surface area contributed by atoms with Gasteiger partial charge in [-0.25, -0.2) is 8.78 Å². The molecule has 1 aliphatic carbocycles. The first-order valence-corrected chi connectivity index (χ1v) is 3.14. The SMILES string of the molecule is C#CC(=O)[C@H]1[C@@H](CN)C1(F)F. The summed E-state index contributed by atoms with van der Waals surface area (Å²) in [6.45, 7) is -0.189. The van der Waals surface area contributed by atoms with Crippen molar-refractivity contribution in [2.45, 2.75) is 5.92 Å². The molecule has 4 heteroatoms. The highest BCUT2D eigenvalue weighted by atomic mass is 19.3. The van der Waals surface area contributed by atoms with Gasteiger partial charge in [0.25, 0.3) is 5.92 Å². The zero-order chi connectivity index (χ0) is 8.65. The maximum Gasteiger partial charge on any atom is 0.264 e. The molecular weight excluding hydrogens is 152 g/mol. The van der Waals surface area contributed by atoms with E-state index in [1.807, 2.05) is 0 Å². The molecule has 60 valence electrons. The quantitative estimate of drug-likeness (QED) is 0.456. The number of ketones is 1. The van der Waals surface area contributed by atoms with Crippen LogP contribution < -0.4 is 5.73 Å². The summed E-state index contributed by atoms with van der Waals surface area (Å²) in [5.74, 6) is -4.49. The molecule has 0 amide bonds. The number of rotatable bonds is 2. The Morgan fingerprint density at radius 3 is 2.55 bits per heavy atom. The van der Waals surface area contributed by atoms with Crippen molar-refractivity contribution >= 4 is 5.78 Å². The van der Waals surface area contributed by atoms with Gasteiger partial charge in [-0.1, -0.05) is 0 Å². The molecular formula is C7H7F2NO. The smallest absolute Gasteiger partial charge is 0.264 e. The largest absolute Gasteiger partial charge is 0.330 e. The van der Waals surface area contributed by atoms with Gasteiger partial charge in [0.05, 0.1) is 5.92 Å². The second-order valence-electron chi connectivity index (χ2n) is 2.50. The van der Waals surface area contributed by atoms with E-state index in [4.69, 9.17) is 5.73 Å². The third kappa shape index (κ3) is 1.02. The first-order valence-electron chi connectivity index (χ1n) is 3.14. The Kier molecular flexibility index (Phi) is 1.69. The summed E-state index contributed by atoms with van der Waals surface area (Å²) >= 11 is 0. The van der Waals surface area contributed by atoms with E-state index in [0.717, 1.165) is 0 Å². The van der Waals surface area contributed by atoms with Crippen molar-refractivity contribution in [2.75, 3.05) is 6.54 Å². The van der Waals surface area contributed by atoms with E-state index in [0.29, 0.717) is 0 Å². The molecule has 0 spiro atoms. The van der Waals surface area contributed by atoms with Gasteiger partial charge < -0.3 is 5.73 Å². The summed E-state index contributed by atoms with van der Waals surface area (Å²) in [6, 6.07) is 0. The van der Waals surface area contributed by atoms with Crippen LogP contribution >= 0.6 is 0 Å². The fourth-order valence-electron chi connectivity index (χ4n) is 1.13. The standard InChI is InChI=1S/C7H7F2NO/c1-2-5(11)6-4(3-10)7(6,8)9/h1,4,6H,3,10H2/t4-,6-/m1/s1. The van der Waals surface area contributed by atoms with Gasteiger partial charge in [-0.2, -0.15) is 0 Å². The predicted molar refractivity (Wildman–Crippen MR) is 34.8 cm³/mol. The molecule has 2 nitrogen and oxygen atoms in total. The van der Waals surface area contributed by atoms with Crippen molar-refractivity contribution in [1.82, 2.24) is 0 Å². The number of nitrogens with two attached hydrogens (primary N) is 1. The number of carbonyl (C=O) groups is 1. The topological polar surface area (TPSA) is 43.1 Å². The highest BCUT2D eigenvalue weighted by Crippen LogP contribution is 2.54. The first kappa shape index (κ1) is 8.15. The predicted octanol–water partition coefficient (Wildman–Crippen LogP) is 0.0287. The van der Waals surface area contributed by atoms with Crippen LogP contribution in [0.3, 0.4) is 0 Å². The second-order valence-corrected chi connectivity index (χ2v) is 2.50. The number of hydrogen-bond donors (Lipinski definition) is 1. The van der Waals surface area contributed by atoms with Crippen molar-refractivity contribution in [1.29, 1.82) is 0 Å². The summed E-state index contributed by atoms with van der Waals surface area (Å²) in [4.78, 5) is 10.6. The van der Waals surface area contributed by atoms with Crippen LogP contribution in [0.25, 0.3) is 0 Å². The highest BCUT2D eigenvalue weighted by molar-refractivity contribution is 5.99. The third-order valence-corrected chi connectivity index (χ3v) is 1.88. The molecule has 1 fully saturated rings. The fraction of sp³-hybridized carbons (Fsp3) is 0.571. The van der Waals surface area contributed by atoms with E-state index in [-0.39, 0.29) is 6.54 Å². The molecule has 0 aromatic rings. The monoisotopic (exact) mass is 159 g/mol. The maximum absolute atomic E-state index is 12.5. The summed E-state index contributed by atoms with van der Waals surface area (Å²) in [7, 11) is 0. The average molecular weight is 159 g/mol.